The minimum absolute atomic E-state index is 0.265. The molecule has 2 nitrogen and oxygen atoms in total. The Kier molecular flexibility index (Phi) is 5.17. The lowest BCUT2D eigenvalue weighted by Gasteiger charge is -2.14. The van der Waals surface area contributed by atoms with Crippen LogP contribution < -0.4 is 4.74 Å². The molecule has 0 saturated carbocycles. The van der Waals surface area contributed by atoms with Crippen LogP contribution in [0.3, 0.4) is 0 Å². The van der Waals surface area contributed by atoms with Crippen LogP contribution in [0.15, 0.2) is 36.4 Å². The molecule has 2 rings (SSSR count). The van der Waals surface area contributed by atoms with Gasteiger partial charge in [-0.2, -0.15) is 0 Å². The Labute approximate surface area is 132 Å². The van der Waals surface area contributed by atoms with E-state index in [1.54, 1.807) is 43.3 Å². The largest absolute Gasteiger partial charge is 0.488 e. The maximum absolute atomic E-state index is 9.74. The van der Waals surface area contributed by atoms with Gasteiger partial charge in [-0.05, 0) is 43.3 Å². The highest BCUT2D eigenvalue weighted by Gasteiger charge is 2.11. The van der Waals surface area contributed by atoms with Gasteiger partial charge in [-0.15, -0.1) is 0 Å². The second-order valence-electron chi connectivity index (χ2n) is 4.38. The molecule has 2 aromatic rings. The van der Waals surface area contributed by atoms with Gasteiger partial charge in [0.05, 0.1) is 6.10 Å². The van der Waals surface area contributed by atoms with E-state index in [2.05, 4.69) is 0 Å². The van der Waals surface area contributed by atoms with Crippen LogP contribution in [0.5, 0.6) is 5.75 Å². The molecule has 0 bridgehead atoms. The Morgan fingerprint density at radius 1 is 1.05 bits per heavy atom. The van der Waals surface area contributed by atoms with Gasteiger partial charge in [0, 0.05) is 26.2 Å². The molecule has 0 aliphatic rings. The van der Waals surface area contributed by atoms with E-state index in [0.717, 1.165) is 5.56 Å². The zero-order chi connectivity index (χ0) is 14.7. The predicted molar refractivity (Wildman–Crippen MR) is 82.9 cm³/mol. The van der Waals surface area contributed by atoms with Crippen molar-refractivity contribution in [1.29, 1.82) is 0 Å². The molecule has 0 radical (unpaired) electrons. The highest BCUT2D eigenvalue weighted by atomic mass is 35.5. The quantitative estimate of drug-likeness (QED) is 0.826. The third-order valence-corrected chi connectivity index (χ3v) is 3.65. The van der Waals surface area contributed by atoms with Crippen molar-refractivity contribution in [3.8, 4) is 5.75 Å². The van der Waals surface area contributed by atoms with E-state index >= 15 is 0 Å². The Balaban J connectivity index is 2.20. The number of ether oxygens (including phenoxy) is 1. The van der Waals surface area contributed by atoms with E-state index in [-0.39, 0.29) is 6.61 Å². The molecule has 2 aromatic carbocycles. The molecule has 1 atom stereocenters. The van der Waals surface area contributed by atoms with Gasteiger partial charge in [0.1, 0.15) is 12.4 Å². The molecule has 0 amide bonds. The SMILES string of the molecule is C[C@H](O)c1cc(Cl)ccc1OCc1cc(Cl)ccc1Cl. The van der Waals surface area contributed by atoms with Gasteiger partial charge in [-0.25, -0.2) is 0 Å². The number of hydrogen-bond acceptors (Lipinski definition) is 2. The van der Waals surface area contributed by atoms with Crippen LogP contribution in [-0.2, 0) is 6.61 Å². The Morgan fingerprint density at radius 2 is 1.70 bits per heavy atom. The van der Waals surface area contributed by atoms with Crippen LogP contribution in [-0.4, -0.2) is 5.11 Å². The fourth-order valence-corrected chi connectivity index (χ4v) is 2.33. The lowest BCUT2D eigenvalue weighted by molar-refractivity contribution is 0.190. The standard InChI is InChI=1S/C15H13Cl3O2/c1-9(19)13-7-12(17)3-5-15(13)20-8-10-6-11(16)2-4-14(10)18/h2-7,9,19H,8H2,1H3/t9-/m0/s1. The normalized spacial score (nSPS) is 12.2. The van der Waals surface area contributed by atoms with Gasteiger partial charge in [0.2, 0.25) is 0 Å². The van der Waals surface area contributed by atoms with Gasteiger partial charge in [0.25, 0.3) is 0 Å². The van der Waals surface area contributed by atoms with E-state index in [4.69, 9.17) is 39.5 Å². The van der Waals surface area contributed by atoms with Crippen LogP contribution in [0.25, 0.3) is 0 Å². The average Bonchev–Trinajstić information content (AvgIpc) is 2.40. The lowest BCUT2D eigenvalue weighted by atomic mass is 10.1. The maximum Gasteiger partial charge on any atom is 0.125 e. The van der Waals surface area contributed by atoms with Crippen LogP contribution in [0.1, 0.15) is 24.2 Å². The summed E-state index contributed by atoms with van der Waals surface area (Å²) in [5.74, 6) is 0.570. The first kappa shape index (κ1) is 15.5. The van der Waals surface area contributed by atoms with E-state index in [0.29, 0.717) is 26.4 Å². The zero-order valence-electron chi connectivity index (χ0n) is 10.7. The first-order valence-electron chi connectivity index (χ1n) is 6.01. The third-order valence-electron chi connectivity index (χ3n) is 2.81. The minimum Gasteiger partial charge on any atom is -0.488 e. The maximum atomic E-state index is 9.74. The second-order valence-corrected chi connectivity index (χ2v) is 5.66. The Hall–Kier alpha value is -0.930. The molecular weight excluding hydrogens is 319 g/mol. The van der Waals surface area contributed by atoms with Gasteiger partial charge in [-0.1, -0.05) is 34.8 Å². The molecule has 0 aliphatic heterocycles. The summed E-state index contributed by atoms with van der Waals surface area (Å²) in [6.07, 6.45) is -0.668. The summed E-state index contributed by atoms with van der Waals surface area (Å²) in [5, 5.41) is 11.5. The summed E-state index contributed by atoms with van der Waals surface area (Å²) in [6.45, 7) is 1.92. The molecule has 0 fully saturated rings. The second kappa shape index (κ2) is 6.68. The Morgan fingerprint density at radius 3 is 2.40 bits per heavy atom. The monoisotopic (exact) mass is 330 g/mol. The van der Waals surface area contributed by atoms with Crippen molar-refractivity contribution in [2.45, 2.75) is 19.6 Å². The molecule has 0 unspecified atom stereocenters. The number of hydrogen-bond donors (Lipinski definition) is 1. The van der Waals surface area contributed by atoms with Gasteiger partial charge < -0.3 is 9.84 Å². The highest BCUT2D eigenvalue weighted by molar-refractivity contribution is 6.33. The molecule has 0 heterocycles. The van der Waals surface area contributed by atoms with Crippen molar-refractivity contribution in [2.75, 3.05) is 0 Å². The number of halogens is 3. The van der Waals surface area contributed by atoms with Crippen molar-refractivity contribution in [3.63, 3.8) is 0 Å². The van der Waals surface area contributed by atoms with Crippen molar-refractivity contribution in [1.82, 2.24) is 0 Å². The average molecular weight is 332 g/mol. The summed E-state index contributed by atoms with van der Waals surface area (Å²) in [7, 11) is 0. The van der Waals surface area contributed by atoms with Gasteiger partial charge in [-0.3, -0.25) is 0 Å². The molecule has 0 aromatic heterocycles. The van der Waals surface area contributed by atoms with Crippen molar-refractivity contribution in [2.24, 2.45) is 0 Å². The van der Waals surface area contributed by atoms with Crippen LogP contribution in [0.2, 0.25) is 15.1 Å². The predicted octanol–water partition coefficient (Wildman–Crippen LogP) is 5.28. The summed E-state index contributed by atoms with van der Waals surface area (Å²) >= 11 is 17.9. The first-order valence-corrected chi connectivity index (χ1v) is 7.15. The molecule has 106 valence electrons. The first-order chi connectivity index (χ1) is 9.47. The number of rotatable bonds is 4. The summed E-state index contributed by atoms with van der Waals surface area (Å²) in [4.78, 5) is 0. The molecular formula is C15H13Cl3O2. The van der Waals surface area contributed by atoms with Crippen LogP contribution in [0.4, 0.5) is 0 Å². The number of aliphatic hydroxyl groups is 1. The highest BCUT2D eigenvalue weighted by Crippen LogP contribution is 2.30. The number of aliphatic hydroxyl groups excluding tert-OH is 1. The van der Waals surface area contributed by atoms with E-state index in [1.165, 1.54) is 0 Å². The summed E-state index contributed by atoms with van der Waals surface area (Å²) in [5.41, 5.74) is 1.42. The fourth-order valence-electron chi connectivity index (χ4n) is 1.79. The Bertz CT molecular complexity index is 612. The molecule has 0 spiro atoms. The zero-order valence-corrected chi connectivity index (χ0v) is 13.0. The van der Waals surface area contributed by atoms with Gasteiger partial charge in [0.15, 0.2) is 0 Å². The van der Waals surface area contributed by atoms with Crippen molar-refractivity contribution in [3.05, 3.63) is 62.6 Å². The van der Waals surface area contributed by atoms with Gasteiger partial charge >= 0.3 is 0 Å². The van der Waals surface area contributed by atoms with E-state index < -0.39 is 6.10 Å². The molecule has 20 heavy (non-hydrogen) atoms. The molecule has 0 aliphatic carbocycles. The lowest BCUT2D eigenvalue weighted by Crippen LogP contribution is -2.01. The third kappa shape index (κ3) is 3.80. The minimum atomic E-state index is -0.668. The number of benzene rings is 2. The molecule has 1 N–H and O–H groups in total. The molecule has 0 saturated heterocycles. The van der Waals surface area contributed by atoms with Crippen LogP contribution >= 0.6 is 34.8 Å². The van der Waals surface area contributed by atoms with Crippen LogP contribution in [0, 0.1) is 0 Å². The van der Waals surface area contributed by atoms with E-state index in [9.17, 15) is 5.11 Å². The summed E-state index contributed by atoms with van der Waals surface area (Å²) in [6, 6.07) is 10.3. The fraction of sp³-hybridized carbons (Fsp3) is 0.200. The smallest absolute Gasteiger partial charge is 0.125 e. The van der Waals surface area contributed by atoms with Crippen molar-refractivity contribution >= 4 is 34.8 Å². The van der Waals surface area contributed by atoms with E-state index in [1.807, 2.05) is 0 Å². The van der Waals surface area contributed by atoms with Crippen molar-refractivity contribution < 1.29 is 9.84 Å². The topological polar surface area (TPSA) is 29.5 Å². The molecule has 5 heteroatoms. The summed E-state index contributed by atoms with van der Waals surface area (Å²) < 4.78 is 5.71.